The smallest absolute Gasteiger partial charge is 0.345 e. The van der Waals surface area contributed by atoms with Gasteiger partial charge in [0.1, 0.15) is 11.3 Å². The van der Waals surface area contributed by atoms with Crippen LogP contribution in [0.15, 0.2) is 105 Å². The van der Waals surface area contributed by atoms with E-state index < -0.39 is 5.63 Å². The van der Waals surface area contributed by atoms with Crippen LogP contribution >= 0.6 is 0 Å². The number of benzene rings is 3. The molecule has 0 amide bonds. The van der Waals surface area contributed by atoms with Crippen LogP contribution in [0.2, 0.25) is 0 Å². The minimum atomic E-state index is -0.429. The van der Waals surface area contributed by atoms with Crippen LogP contribution < -0.4 is 5.63 Å². The van der Waals surface area contributed by atoms with Crippen LogP contribution in [0.25, 0.3) is 27.9 Å². The van der Waals surface area contributed by atoms with Gasteiger partial charge in [-0.25, -0.2) is 9.48 Å². The second-order valence-corrected chi connectivity index (χ2v) is 9.25. The van der Waals surface area contributed by atoms with Crippen molar-refractivity contribution in [2.75, 3.05) is 0 Å². The van der Waals surface area contributed by atoms with Crippen LogP contribution in [0.1, 0.15) is 31.9 Å². The van der Waals surface area contributed by atoms with Crippen LogP contribution in [0.3, 0.4) is 0 Å². The summed E-state index contributed by atoms with van der Waals surface area (Å²) in [6.45, 7) is 6.56. The van der Waals surface area contributed by atoms with Gasteiger partial charge in [0.15, 0.2) is 0 Å². The summed E-state index contributed by atoms with van der Waals surface area (Å²) in [5.41, 5.74) is 4.82. The number of para-hydroxylation sites is 2. The maximum Gasteiger partial charge on any atom is 0.345 e. The average Bonchev–Trinajstić information content (AvgIpc) is 3.26. The van der Waals surface area contributed by atoms with Gasteiger partial charge in [-0.1, -0.05) is 69.3 Å². The molecule has 5 aromatic rings. The largest absolute Gasteiger partial charge is 0.422 e. The Morgan fingerprint density at radius 2 is 1.62 bits per heavy atom. The molecule has 0 aliphatic heterocycles. The Labute approximate surface area is 198 Å². The molecule has 0 saturated heterocycles. The first-order valence-corrected chi connectivity index (χ1v) is 11.2. The van der Waals surface area contributed by atoms with Crippen molar-refractivity contribution in [2.24, 2.45) is 4.99 Å². The molecule has 0 radical (unpaired) electrons. The zero-order chi connectivity index (χ0) is 23.7. The normalized spacial score (nSPS) is 12.0. The third-order valence-electron chi connectivity index (χ3n) is 5.75. The Bertz CT molecular complexity index is 1540. The van der Waals surface area contributed by atoms with E-state index in [-0.39, 0.29) is 5.41 Å². The van der Waals surface area contributed by atoms with Crippen molar-refractivity contribution in [3.8, 4) is 16.9 Å². The predicted octanol–water partition coefficient (Wildman–Crippen LogP) is 6.69. The summed E-state index contributed by atoms with van der Waals surface area (Å²) in [5.74, 6) is 0. The lowest BCUT2D eigenvalue weighted by Crippen LogP contribution is -2.10. The van der Waals surface area contributed by atoms with Crippen molar-refractivity contribution < 1.29 is 4.42 Å². The first-order chi connectivity index (χ1) is 16.4. The van der Waals surface area contributed by atoms with E-state index in [1.807, 2.05) is 72.9 Å². The van der Waals surface area contributed by atoms with Crippen LogP contribution in [0, 0.1) is 0 Å². The van der Waals surface area contributed by atoms with Gasteiger partial charge in [-0.3, -0.25) is 4.99 Å². The lowest BCUT2D eigenvalue weighted by molar-refractivity contribution is 0.563. The molecule has 0 fully saturated rings. The maximum absolute atomic E-state index is 12.9. The van der Waals surface area contributed by atoms with E-state index in [4.69, 9.17) is 9.52 Å². The average molecular weight is 448 g/mol. The van der Waals surface area contributed by atoms with Gasteiger partial charge in [-0.05, 0) is 47.4 Å². The van der Waals surface area contributed by atoms with Gasteiger partial charge < -0.3 is 4.42 Å². The minimum absolute atomic E-state index is 0.0797. The summed E-state index contributed by atoms with van der Waals surface area (Å²) in [7, 11) is 0. The first kappa shape index (κ1) is 21.6. The van der Waals surface area contributed by atoms with Crippen molar-refractivity contribution in [3.05, 3.63) is 113 Å². The van der Waals surface area contributed by atoms with E-state index in [0.717, 1.165) is 22.3 Å². The Hall–Kier alpha value is -4.25. The molecule has 0 spiro atoms. The van der Waals surface area contributed by atoms with Crippen molar-refractivity contribution in [2.45, 2.75) is 26.2 Å². The molecule has 5 nitrogen and oxygen atoms in total. The van der Waals surface area contributed by atoms with Gasteiger partial charge in [0, 0.05) is 23.4 Å². The van der Waals surface area contributed by atoms with Crippen LogP contribution in [-0.4, -0.2) is 16.0 Å². The molecule has 0 unspecified atom stereocenters. The highest BCUT2D eigenvalue weighted by molar-refractivity contribution is 5.91. The highest BCUT2D eigenvalue weighted by Crippen LogP contribution is 2.26. The molecule has 0 bridgehead atoms. The molecular formula is C29H25N3O2. The summed E-state index contributed by atoms with van der Waals surface area (Å²) in [5, 5.41) is 5.58. The quantitative estimate of drug-likeness (QED) is 0.228. The van der Waals surface area contributed by atoms with Crippen molar-refractivity contribution in [1.82, 2.24) is 9.78 Å². The molecule has 0 aliphatic rings. The monoisotopic (exact) mass is 447 g/mol. The fraction of sp³-hybridized carbons (Fsp3) is 0.138. The highest BCUT2D eigenvalue weighted by atomic mass is 16.4. The van der Waals surface area contributed by atoms with Crippen LogP contribution in [0.4, 0.5) is 5.69 Å². The van der Waals surface area contributed by atoms with E-state index in [2.05, 4.69) is 37.9 Å². The van der Waals surface area contributed by atoms with Gasteiger partial charge in [0.25, 0.3) is 0 Å². The lowest BCUT2D eigenvalue weighted by atomic mass is 9.87. The van der Waals surface area contributed by atoms with Gasteiger partial charge in [0.2, 0.25) is 0 Å². The summed E-state index contributed by atoms with van der Waals surface area (Å²) in [4.78, 5) is 17.6. The predicted molar refractivity (Wildman–Crippen MR) is 137 cm³/mol. The first-order valence-electron chi connectivity index (χ1n) is 11.2. The molecule has 5 heteroatoms. The second kappa shape index (κ2) is 8.60. The van der Waals surface area contributed by atoms with E-state index >= 15 is 0 Å². The number of fused-ring (bicyclic) bond motifs is 1. The number of hydrogen-bond acceptors (Lipinski definition) is 4. The summed E-state index contributed by atoms with van der Waals surface area (Å²) >= 11 is 0. The standard InChI is InChI=1S/C29H25N3O2/c1-29(2,3)22-13-15-23(16-14-22)30-18-21-19-32(24-10-5-4-6-11-24)31-27(21)25-17-20-9-7-8-12-26(20)34-28(25)33/h4-19H,1-3H3. The number of nitrogens with zero attached hydrogens (tertiary/aromatic N) is 3. The van der Waals surface area contributed by atoms with Crippen molar-refractivity contribution in [1.29, 1.82) is 0 Å². The Morgan fingerprint density at radius 1 is 0.912 bits per heavy atom. The SMILES string of the molecule is CC(C)(C)c1ccc(N=Cc2cn(-c3ccccc3)nc2-c2cc3ccccc3oc2=O)cc1. The molecule has 0 N–H and O–H groups in total. The van der Waals surface area contributed by atoms with Gasteiger partial charge in [-0.2, -0.15) is 5.10 Å². The molecule has 3 aromatic carbocycles. The van der Waals surface area contributed by atoms with E-state index in [1.54, 1.807) is 17.0 Å². The third kappa shape index (κ3) is 4.33. The molecule has 0 saturated carbocycles. The zero-order valence-corrected chi connectivity index (χ0v) is 19.4. The molecule has 5 rings (SSSR count). The second-order valence-electron chi connectivity index (χ2n) is 9.25. The fourth-order valence-corrected chi connectivity index (χ4v) is 3.82. The molecule has 2 heterocycles. The summed E-state index contributed by atoms with van der Waals surface area (Å²) in [6, 6.07) is 27.3. The Balaban J connectivity index is 1.60. The summed E-state index contributed by atoms with van der Waals surface area (Å²) in [6.07, 6.45) is 3.63. The number of hydrogen-bond donors (Lipinski definition) is 0. The molecule has 2 aromatic heterocycles. The molecule has 34 heavy (non-hydrogen) atoms. The number of aromatic nitrogens is 2. The highest BCUT2D eigenvalue weighted by Gasteiger charge is 2.17. The van der Waals surface area contributed by atoms with Crippen molar-refractivity contribution in [3.63, 3.8) is 0 Å². The molecule has 0 atom stereocenters. The fourth-order valence-electron chi connectivity index (χ4n) is 3.82. The van der Waals surface area contributed by atoms with Crippen LogP contribution in [-0.2, 0) is 5.41 Å². The third-order valence-corrected chi connectivity index (χ3v) is 5.75. The molecule has 168 valence electrons. The van der Waals surface area contributed by atoms with Crippen LogP contribution in [0.5, 0.6) is 0 Å². The van der Waals surface area contributed by atoms with Gasteiger partial charge in [-0.15, -0.1) is 0 Å². The topological polar surface area (TPSA) is 60.4 Å². The van der Waals surface area contributed by atoms with Gasteiger partial charge >= 0.3 is 5.63 Å². The number of aliphatic imine (C=N–C) groups is 1. The Morgan fingerprint density at radius 3 is 2.35 bits per heavy atom. The van der Waals surface area contributed by atoms with Gasteiger partial charge in [0.05, 0.1) is 16.9 Å². The zero-order valence-electron chi connectivity index (χ0n) is 19.4. The number of rotatable bonds is 4. The van der Waals surface area contributed by atoms with Crippen molar-refractivity contribution >= 4 is 22.9 Å². The lowest BCUT2D eigenvalue weighted by Gasteiger charge is -2.18. The van der Waals surface area contributed by atoms with E-state index in [1.165, 1.54) is 5.56 Å². The Kier molecular flexibility index (Phi) is 5.46. The van der Waals surface area contributed by atoms with E-state index in [9.17, 15) is 4.79 Å². The molecule has 0 aliphatic carbocycles. The van der Waals surface area contributed by atoms with E-state index in [0.29, 0.717) is 16.8 Å². The minimum Gasteiger partial charge on any atom is -0.422 e. The summed E-state index contributed by atoms with van der Waals surface area (Å²) < 4.78 is 7.33. The molecular weight excluding hydrogens is 422 g/mol. The maximum atomic E-state index is 12.9.